The summed E-state index contributed by atoms with van der Waals surface area (Å²) < 4.78 is 6.04. The quantitative estimate of drug-likeness (QED) is 0.650. The van der Waals surface area contributed by atoms with E-state index in [2.05, 4.69) is 27.7 Å². The van der Waals surface area contributed by atoms with Crippen LogP contribution in [0.1, 0.15) is 79.6 Å². The SMILES string of the molecule is CC(=O)[C@@H]1[C@H](O)CC2[C@]3(C)CCC4C(C)(C)CCC[C@]4(CO)C3C[C@H]3OC(=O)[C@@H]1[C@]23C. The van der Waals surface area contributed by atoms with E-state index in [0.717, 1.165) is 32.1 Å². The molecule has 1 saturated heterocycles. The van der Waals surface area contributed by atoms with Crippen LogP contribution in [0.5, 0.6) is 0 Å². The summed E-state index contributed by atoms with van der Waals surface area (Å²) in [6.45, 7) is 10.9. The van der Waals surface area contributed by atoms with Crippen LogP contribution in [-0.2, 0) is 14.3 Å². The van der Waals surface area contributed by atoms with E-state index in [1.807, 2.05) is 0 Å². The van der Waals surface area contributed by atoms with E-state index in [1.54, 1.807) is 0 Å². The number of rotatable bonds is 2. The van der Waals surface area contributed by atoms with Crippen molar-refractivity contribution in [1.82, 2.24) is 0 Å². The number of carbonyl (C=O) groups is 2. The minimum Gasteiger partial charge on any atom is -0.461 e. The normalized spacial score (nSPS) is 54.9. The number of hydrogen-bond donors (Lipinski definition) is 2. The molecule has 174 valence electrons. The van der Waals surface area contributed by atoms with Crippen molar-refractivity contribution >= 4 is 11.8 Å². The highest BCUT2D eigenvalue weighted by Gasteiger charge is 2.75. The summed E-state index contributed by atoms with van der Waals surface area (Å²) in [5.74, 6) is -0.765. The van der Waals surface area contributed by atoms with Crippen molar-refractivity contribution in [1.29, 1.82) is 0 Å². The molecule has 4 saturated carbocycles. The molecule has 5 aliphatic rings. The molecule has 0 aromatic heterocycles. The number of ketones is 1. The average molecular weight is 433 g/mol. The summed E-state index contributed by atoms with van der Waals surface area (Å²) in [6.07, 6.45) is 5.80. The number of aliphatic hydroxyl groups is 2. The van der Waals surface area contributed by atoms with Crippen molar-refractivity contribution in [2.75, 3.05) is 6.61 Å². The van der Waals surface area contributed by atoms with Gasteiger partial charge in [-0.25, -0.2) is 0 Å². The second-order valence-electron chi connectivity index (χ2n) is 12.9. The van der Waals surface area contributed by atoms with Gasteiger partial charge in [0.05, 0.1) is 17.9 Å². The molecule has 5 rings (SSSR count). The molecule has 31 heavy (non-hydrogen) atoms. The topological polar surface area (TPSA) is 83.8 Å². The Hall–Kier alpha value is -0.940. The molecular formula is C26H40O5. The first-order valence-electron chi connectivity index (χ1n) is 12.4. The Morgan fingerprint density at radius 3 is 2.42 bits per heavy atom. The third kappa shape index (κ3) is 2.51. The zero-order valence-electron chi connectivity index (χ0n) is 19.8. The standard InChI is InChI=1S/C26H40O5/c1-14(28)20-15(29)11-17-24(4)10-7-16-23(2,3)8-6-9-26(16,13-27)18(24)12-19-25(17,5)21(20)22(30)31-19/h15-21,27,29H,6-13H2,1-5H3/t15-,16?,17?,18?,19-,20-,21-,24+,25-,26-/m1/s1. The van der Waals surface area contributed by atoms with Crippen LogP contribution < -0.4 is 0 Å². The van der Waals surface area contributed by atoms with E-state index in [-0.39, 0.29) is 52.5 Å². The summed E-state index contributed by atoms with van der Waals surface area (Å²) >= 11 is 0. The molecule has 0 amide bonds. The van der Waals surface area contributed by atoms with Crippen LogP contribution in [0.2, 0.25) is 0 Å². The molecule has 0 radical (unpaired) electrons. The average Bonchev–Trinajstić information content (AvgIpc) is 2.93. The summed E-state index contributed by atoms with van der Waals surface area (Å²) in [5, 5.41) is 22.0. The third-order valence-corrected chi connectivity index (χ3v) is 11.4. The second kappa shape index (κ2) is 6.56. The molecule has 0 aromatic rings. The lowest BCUT2D eigenvalue weighted by atomic mass is 9.34. The minimum atomic E-state index is -0.798. The van der Waals surface area contributed by atoms with Gasteiger partial charge < -0.3 is 14.9 Å². The fourth-order valence-corrected chi connectivity index (χ4v) is 10.2. The highest BCUT2D eigenvalue weighted by molar-refractivity contribution is 5.88. The van der Waals surface area contributed by atoms with Gasteiger partial charge in [0.15, 0.2) is 0 Å². The monoisotopic (exact) mass is 432 g/mol. The maximum absolute atomic E-state index is 13.1. The molecule has 1 aliphatic heterocycles. The van der Waals surface area contributed by atoms with E-state index < -0.39 is 23.4 Å². The molecule has 10 atom stereocenters. The second-order valence-corrected chi connectivity index (χ2v) is 12.9. The molecule has 2 N–H and O–H groups in total. The maximum Gasteiger partial charge on any atom is 0.310 e. The van der Waals surface area contributed by atoms with Gasteiger partial charge in [-0.2, -0.15) is 0 Å². The Balaban J connectivity index is 1.63. The lowest BCUT2D eigenvalue weighted by Gasteiger charge is -2.70. The van der Waals surface area contributed by atoms with E-state index in [4.69, 9.17) is 4.74 Å². The van der Waals surface area contributed by atoms with Gasteiger partial charge in [-0.15, -0.1) is 0 Å². The van der Waals surface area contributed by atoms with E-state index in [0.29, 0.717) is 12.3 Å². The van der Waals surface area contributed by atoms with Crippen molar-refractivity contribution in [2.24, 2.45) is 51.2 Å². The molecule has 0 bridgehead atoms. The predicted octanol–water partition coefficient (Wildman–Crippen LogP) is 3.75. The molecule has 5 nitrogen and oxygen atoms in total. The number of hydrogen-bond acceptors (Lipinski definition) is 5. The van der Waals surface area contributed by atoms with Crippen molar-refractivity contribution in [3.63, 3.8) is 0 Å². The fourth-order valence-electron chi connectivity index (χ4n) is 10.2. The van der Waals surface area contributed by atoms with E-state index in [9.17, 15) is 19.8 Å². The molecule has 5 heteroatoms. The number of Topliss-reactive ketones (excluding diaryl/α,β-unsaturated/α-hetero) is 1. The predicted molar refractivity (Wildman–Crippen MR) is 116 cm³/mol. The Kier molecular flexibility index (Phi) is 4.63. The van der Waals surface area contributed by atoms with Crippen LogP contribution in [0, 0.1) is 51.2 Å². The fraction of sp³-hybridized carbons (Fsp3) is 0.923. The Morgan fingerprint density at radius 1 is 1.06 bits per heavy atom. The highest BCUT2D eigenvalue weighted by atomic mass is 16.6. The third-order valence-electron chi connectivity index (χ3n) is 11.4. The molecule has 5 fully saturated rings. The Labute approximate surface area is 186 Å². The number of carbonyl (C=O) groups excluding carboxylic acids is 2. The van der Waals surface area contributed by atoms with Crippen molar-refractivity contribution in [3.8, 4) is 0 Å². The first-order valence-corrected chi connectivity index (χ1v) is 12.4. The van der Waals surface area contributed by atoms with Gasteiger partial charge in [0.2, 0.25) is 0 Å². The number of ether oxygens (including phenoxy) is 1. The first kappa shape index (κ1) is 21.9. The Morgan fingerprint density at radius 2 is 1.77 bits per heavy atom. The van der Waals surface area contributed by atoms with Crippen LogP contribution in [0.15, 0.2) is 0 Å². The van der Waals surface area contributed by atoms with E-state index in [1.165, 1.54) is 13.3 Å². The summed E-state index contributed by atoms with van der Waals surface area (Å²) in [6, 6.07) is 0. The molecule has 1 heterocycles. The highest BCUT2D eigenvalue weighted by Crippen LogP contribution is 2.75. The first-order chi connectivity index (χ1) is 14.4. The molecule has 0 spiro atoms. The minimum absolute atomic E-state index is 0.0765. The molecular weight excluding hydrogens is 392 g/mol. The largest absolute Gasteiger partial charge is 0.461 e. The Bertz CT molecular complexity index is 806. The maximum atomic E-state index is 13.1. The van der Waals surface area contributed by atoms with E-state index >= 15 is 0 Å². The van der Waals surface area contributed by atoms with Crippen LogP contribution in [0.3, 0.4) is 0 Å². The van der Waals surface area contributed by atoms with Crippen LogP contribution in [0.4, 0.5) is 0 Å². The van der Waals surface area contributed by atoms with Crippen molar-refractivity contribution < 1.29 is 24.5 Å². The van der Waals surface area contributed by atoms with Gasteiger partial charge in [0, 0.05) is 17.4 Å². The number of aliphatic hydroxyl groups excluding tert-OH is 2. The van der Waals surface area contributed by atoms with Gasteiger partial charge in [-0.1, -0.05) is 34.1 Å². The molecule has 3 unspecified atom stereocenters. The summed E-state index contributed by atoms with van der Waals surface area (Å²) in [7, 11) is 0. The summed E-state index contributed by atoms with van der Waals surface area (Å²) in [5.41, 5.74) is -0.453. The zero-order valence-corrected chi connectivity index (χ0v) is 19.8. The number of fused-ring (bicyclic) bond motifs is 4. The van der Waals surface area contributed by atoms with Crippen LogP contribution in [0.25, 0.3) is 0 Å². The van der Waals surface area contributed by atoms with Crippen LogP contribution in [-0.4, -0.2) is 40.8 Å². The van der Waals surface area contributed by atoms with Gasteiger partial charge in [-0.3, -0.25) is 9.59 Å². The smallest absolute Gasteiger partial charge is 0.310 e. The lowest BCUT2D eigenvalue weighted by Crippen LogP contribution is -2.68. The van der Waals surface area contributed by atoms with Gasteiger partial charge >= 0.3 is 5.97 Å². The molecule has 0 aromatic carbocycles. The van der Waals surface area contributed by atoms with Crippen molar-refractivity contribution in [2.45, 2.75) is 91.8 Å². The van der Waals surface area contributed by atoms with Gasteiger partial charge in [0.1, 0.15) is 11.9 Å². The van der Waals surface area contributed by atoms with Gasteiger partial charge in [0.25, 0.3) is 0 Å². The lowest BCUT2D eigenvalue weighted by molar-refractivity contribution is -0.247. The number of esters is 1. The summed E-state index contributed by atoms with van der Waals surface area (Å²) in [4.78, 5) is 25.6. The zero-order chi connectivity index (χ0) is 22.6. The van der Waals surface area contributed by atoms with Crippen molar-refractivity contribution in [3.05, 3.63) is 0 Å². The molecule has 4 aliphatic carbocycles. The van der Waals surface area contributed by atoms with Crippen LogP contribution >= 0.6 is 0 Å². The van der Waals surface area contributed by atoms with Gasteiger partial charge in [-0.05, 0) is 74.0 Å².